The van der Waals surface area contributed by atoms with Gasteiger partial charge in [-0.25, -0.2) is 13.4 Å². The Balaban J connectivity index is 1.67. The maximum Gasteiger partial charge on any atom is 0.232 e. The van der Waals surface area contributed by atoms with Crippen molar-refractivity contribution in [1.29, 1.82) is 0 Å². The third kappa shape index (κ3) is 5.66. The molecule has 0 atom stereocenters. The first kappa shape index (κ1) is 20.1. The van der Waals surface area contributed by atoms with Crippen molar-refractivity contribution >= 4 is 33.1 Å². The lowest BCUT2D eigenvalue weighted by Crippen LogP contribution is -2.17. The fourth-order valence-corrected chi connectivity index (χ4v) is 5.55. The van der Waals surface area contributed by atoms with E-state index in [-0.39, 0.29) is 5.75 Å². The first-order valence-electron chi connectivity index (χ1n) is 9.85. The normalized spacial score (nSPS) is 13.5. The van der Waals surface area contributed by atoms with Crippen LogP contribution in [0.1, 0.15) is 62.4 Å². The number of hydrogen-bond donors (Lipinski definition) is 1. The second kappa shape index (κ2) is 9.51. The van der Waals surface area contributed by atoms with E-state index in [1.165, 1.54) is 24.1 Å². The van der Waals surface area contributed by atoms with Crippen molar-refractivity contribution in [2.45, 2.75) is 58.3 Å². The van der Waals surface area contributed by atoms with Crippen molar-refractivity contribution in [1.82, 2.24) is 4.98 Å². The monoisotopic (exact) mass is 404 g/mol. The molecule has 27 heavy (non-hydrogen) atoms. The molecule has 0 aliphatic heterocycles. The number of hydrogen-bond acceptors (Lipinski definition) is 4. The Morgan fingerprint density at radius 2 is 1.89 bits per heavy atom. The highest BCUT2D eigenvalue weighted by atomic mass is 32.2. The zero-order valence-electron chi connectivity index (χ0n) is 15.9. The summed E-state index contributed by atoms with van der Waals surface area (Å²) in [7, 11) is -3.35. The van der Waals surface area contributed by atoms with Crippen LogP contribution in [0, 0.1) is 0 Å². The molecule has 1 aromatic heterocycles. The molecule has 0 unspecified atom stereocenters. The van der Waals surface area contributed by atoms with Crippen LogP contribution in [0.25, 0.3) is 16.6 Å². The number of nitrogens with zero attached hydrogens (tertiary/aromatic N) is 1. The molecule has 0 amide bonds. The van der Waals surface area contributed by atoms with Crippen molar-refractivity contribution in [3.63, 3.8) is 0 Å². The van der Waals surface area contributed by atoms with Crippen molar-refractivity contribution in [3.05, 3.63) is 40.9 Å². The Morgan fingerprint density at radius 1 is 1.11 bits per heavy atom. The molecule has 0 bridgehead atoms. The average molecular weight is 405 g/mol. The molecule has 2 aromatic rings. The van der Waals surface area contributed by atoms with Gasteiger partial charge in [0.25, 0.3) is 0 Å². The van der Waals surface area contributed by atoms with Crippen LogP contribution >= 0.6 is 11.3 Å². The summed E-state index contributed by atoms with van der Waals surface area (Å²) in [5, 5.41) is 0.879. The van der Waals surface area contributed by atoms with E-state index in [4.69, 9.17) is 4.98 Å². The minimum absolute atomic E-state index is 0.171. The number of para-hydroxylation sites is 1. The number of aryl methyl sites for hydroxylation is 1. The Labute approximate surface area is 166 Å². The van der Waals surface area contributed by atoms with Crippen molar-refractivity contribution in [3.8, 4) is 10.6 Å². The number of fused-ring (bicyclic) bond motifs is 1. The molecule has 1 aromatic carbocycles. The van der Waals surface area contributed by atoms with Crippen LogP contribution in [0.4, 0.5) is 5.69 Å². The Bertz CT molecular complexity index is 885. The van der Waals surface area contributed by atoms with E-state index in [1.54, 1.807) is 11.3 Å². The lowest BCUT2D eigenvalue weighted by Gasteiger charge is -2.11. The van der Waals surface area contributed by atoms with Gasteiger partial charge in [-0.2, -0.15) is 0 Å². The summed E-state index contributed by atoms with van der Waals surface area (Å²) in [6, 6.07) is 7.55. The van der Waals surface area contributed by atoms with Gasteiger partial charge in [-0.05, 0) is 37.5 Å². The van der Waals surface area contributed by atoms with Crippen LogP contribution in [0.2, 0.25) is 0 Å². The van der Waals surface area contributed by atoms with Crippen molar-refractivity contribution < 1.29 is 8.42 Å². The summed E-state index contributed by atoms with van der Waals surface area (Å²) < 4.78 is 27.8. The minimum Gasteiger partial charge on any atom is -0.283 e. The lowest BCUT2D eigenvalue weighted by atomic mass is 10.1. The van der Waals surface area contributed by atoms with Crippen LogP contribution in [-0.2, 0) is 16.4 Å². The third-order valence-electron chi connectivity index (χ3n) is 4.73. The summed E-state index contributed by atoms with van der Waals surface area (Å²) in [5.41, 5.74) is 2.50. The highest BCUT2D eigenvalue weighted by Gasteiger charge is 2.18. The summed E-state index contributed by atoms with van der Waals surface area (Å²) in [6.07, 6.45) is 12.7. The van der Waals surface area contributed by atoms with Gasteiger partial charge in [0.2, 0.25) is 10.0 Å². The number of allylic oxidation sites excluding steroid dienone is 1. The SMILES string of the molecule is CCCCCCCCS(=O)(=O)Nc1ccccc1-c1nc2c(s1)CCC=C2. The second-order valence-electron chi connectivity index (χ2n) is 7.00. The smallest absolute Gasteiger partial charge is 0.232 e. The van der Waals surface area contributed by atoms with E-state index in [0.29, 0.717) is 12.1 Å². The predicted octanol–water partition coefficient (Wildman–Crippen LogP) is 5.87. The maximum atomic E-state index is 12.5. The number of aromatic nitrogens is 1. The van der Waals surface area contributed by atoms with Gasteiger partial charge in [0.05, 0.1) is 17.1 Å². The molecule has 1 aliphatic carbocycles. The zero-order valence-corrected chi connectivity index (χ0v) is 17.5. The highest BCUT2D eigenvalue weighted by Crippen LogP contribution is 2.35. The van der Waals surface area contributed by atoms with Gasteiger partial charge in [0, 0.05) is 10.4 Å². The number of unbranched alkanes of at least 4 members (excludes halogenated alkanes) is 5. The summed E-state index contributed by atoms with van der Waals surface area (Å²) in [6.45, 7) is 2.18. The summed E-state index contributed by atoms with van der Waals surface area (Å²) in [5.74, 6) is 0.171. The Morgan fingerprint density at radius 3 is 2.70 bits per heavy atom. The number of rotatable bonds is 10. The minimum atomic E-state index is -3.35. The molecule has 3 rings (SSSR count). The number of anilines is 1. The molecule has 1 aliphatic rings. The van der Waals surface area contributed by atoms with Crippen LogP contribution in [0.15, 0.2) is 30.3 Å². The molecular weight excluding hydrogens is 376 g/mol. The second-order valence-corrected chi connectivity index (χ2v) is 9.93. The van der Waals surface area contributed by atoms with Gasteiger partial charge < -0.3 is 0 Å². The number of benzene rings is 1. The molecule has 0 fully saturated rings. The predicted molar refractivity (Wildman–Crippen MR) is 116 cm³/mol. The van der Waals surface area contributed by atoms with Gasteiger partial charge >= 0.3 is 0 Å². The fourth-order valence-electron chi connectivity index (χ4n) is 3.25. The van der Waals surface area contributed by atoms with E-state index in [1.807, 2.05) is 24.3 Å². The van der Waals surface area contributed by atoms with E-state index >= 15 is 0 Å². The zero-order chi connectivity index (χ0) is 19.1. The van der Waals surface area contributed by atoms with E-state index in [2.05, 4.69) is 23.8 Å². The fraction of sp³-hybridized carbons (Fsp3) is 0.476. The third-order valence-corrected chi connectivity index (χ3v) is 7.25. The lowest BCUT2D eigenvalue weighted by molar-refractivity contribution is 0.588. The molecule has 0 saturated carbocycles. The van der Waals surface area contributed by atoms with Crippen molar-refractivity contribution in [2.24, 2.45) is 0 Å². The number of sulfonamides is 1. The average Bonchev–Trinajstić information content (AvgIpc) is 3.08. The number of nitrogens with one attached hydrogen (secondary N) is 1. The molecule has 6 heteroatoms. The first-order chi connectivity index (χ1) is 13.1. The Hall–Kier alpha value is -1.66. The van der Waals surface area contributed by atoms with Gasteiger partial charge in [-0.1, -0.05) is 57.2 Å². The maximum absolute atomic E-state index is 12.5. The first-order valence-corrected chi connectivity index (χ1v) is 12.3. The highest BCUT2D eigenvalue weighted by molar-refractivity contribution is 7.92. The molecular formula is C21H28N2O2S2. The van der Waals surface area contributed by atoms with Crippen LogP contribution < -0.4 is 4.72 Å². The topological polar surface area (TPSA) is 59.1 Å². The molecule has 0 radical (unpaired) electrons. The van der Waals surface area contributed by atoms with Gasteiger partial charge in [-0.15, -0.1) is 11.3 Å². The van der Waals surface area contributed by atoms with E-state index in [0.717, 1.165) is 41.9 Å². The van der Waals surface area contributed by atoms with Gasteiger partial charge in [0.1, 0.15) is 5.01 Å². The summed E-state index contributed by atoms with van der Waals surface area (Å²) in [4.78, 5) is 5.99. The van der Waals surface area contributed by atoms with Gasteiger partial charge in [0.15, 0.2) is 0 Å². The molecule has 0 spiro atoms. The largest absolute Gasteiger partial charge is 0.283 e. The molecule has 0 saturated heterocycles. The molecule has 146 valence electrons. The molecule has 4 nitrogen and oxygen atoms in total. The van der Waals surface area contributed by atoms with Gasteiger partial charge in [-0.3, -0.25) is 4.72 Å². The standard InChI is InChI=1S/C21H28N2O2S2/c1-2-3-4-5-6-11-16-27(24,25)23-18-13-8-7-12-17(18)21-22-19-14-9-10-15-20(19)26-21/h7-9,12-14,23H,2-6,10-11,15-16H2,1H3. The molecule has 1 N–H and O–H groups in total. The van der Waals surface area contributed by atoms with Crippen LogP contribution in [0.3, 0.4) is 0 Å². The quantitative estimate of drug-likeness (QED) is 0.504. The van der Waals surface area contributed by atoms with Crippen LogP contribution in [-0.4, -0.2) is 19.2 Å². The van der Waals surface area contributed by atoms with Crippen LogP contribution in [0.5, 0.6) is 0 Å². The number of thiazole rings is 1. The van der Waals surface area contributed by atoms with Crippen molar-refractivity contribution in [2.75, 3.05) is 10.5 Å². The van der Waals surface area contributed by atoms with E-state index < -0.39 is 10.0 Å². The Kier molecular flexibility index (Phi) is 7.07. The van der Waals surface area contributed by atoms with E-state index in [9.17, 15) is 8.42 Å². The summed E-state index contributed by atoms with van der Waals surface area (Å²) >= 11 is 1.66. The molecule has 1 heterocycles.